The van der Waals surface area contributed by atoms with Gasteiger partial charge in [-0.1, -0.05) is 28.1 Å². The van der Waals surface area contributed by atoms with E-state index in [2.05, 4.69) is 22.0 Å². The zero-order valence-electron chi connectivity index (χ0n) is 9.24. The zero-order chi connectivity index (χ0) is 11.5. The molecule has 0 N–H and O–H groups in total. The van der Waals surface area contributed by atoms with Gasteiger partial charge in [0.25, 0.3) is 5.91 Å². The number of allylic oxidation sites excluding steroid dienone is 2. The SMILES string of the molecule is CON(C)C(=O)COCCC/C=C/CBr. The van der Waals surface area contributed by atoms with Gasteiger partial charge in [-0.3, -0.25) is 9.63 Å². The molecule has 0 saturated heterocycles. The zero-order valence-corrected chi connectivity index (χ0v) is 10.8. The number of nitrogens with zero attached hydrogens (tertiary/aromatic N) is 1. The van der Waals surface area contributed by atoms with Crippen molar-refractivity contribution in [3.05, 3.63) is 12.2 Å². The third kappa shape index (κ3) is 8.59. The van der Waals surface area contributed by atoms with Gasteiger partial charge in [0.1, 0.15) is 6.61 Å². The fourth-order valence-electron chi connectivity index (χ4n) is 0.836. The quantitative estimate of drug-likeness (QED) is 0.294. The van der Waals surface area contributed by atoms with Gasteiger partial charge < -0.3 is 4.74 Å². The molecule has 0 radical (unpaired) electrons. The Morgan fingerprint density at radius 2 is 2.20 bits per heavy atom. The van der Waals surface area contributed by atoms with Crippen molar-refractivity contribution in [2.75, 3.05) is 32.7 Å². The number of hydrogen-bond acceptors (Lipinski definition) is 3. The van der Waals surface area contributed by atoms with Crippen LogP contribution < -0.4 is 0 Å². The molecule has 0 unspecified atom stereocenters. The van der Waals surface area contributed by atoms with Gasteiger partial charge in [-0.05, 0) is 12.8 Å². The first kappa shape index (κ1) is 14.6. The molecule has 0 aliphatic carbocycles. The van der Waals surface area contributed by atoms with Crippen molar-refractivity contribution in [1.82, 2.24) is 5.06 Å². The van der Waals surface area contributed by atoms with Crippen LogP contribution in [-0.4, -0.2) is 43.7 Å². The molecule has 0 aromatic carbocycles. The van der Waals surface area contributed by atoms with Gasteiger partial charge in [0.2, 0.25) is 0 Å². The summed E-state index contributed by atoms with van der Waals surface area (Å²) >= 11 is 3.29. The van der Waals surface area contributed by atoms with Gasteiger partial charge in [0.05, 0.1) is 7.11 Å². The van der Waals surface area contributed by atoms with Crippen molar-refractivity contribution in [3.8, 4) is 0 Å². The van der Waals surface area contributed by atoms with Crippen molar-refractivity contribution >= 4 is 21.8 Å². The summed E-state index contributed by atoms with van der Waals surface area (Å²) in [6.07, 6.45) is 6.03. The molecule has 0 aliphatic rings. The molecule has 0 saturated carbocycles. The molecule has 0 aromatic rings. The minimum absolute atomic E-state index is 0.0759. The second-order valence-corrected chi connectivity index (χ2v) is 3.54. The highest BCUT2D eigenvalue weighted by atomic mass is 79.9. The average Bonchev–Trinajstić information content (AvgIpc) is 2.26. The summed E-state index contributed by atoms with van der Waals surface area (Å²) in [7, 11) is 3.01. The van der Waals surface area contributed by atoms with E-state index in [0.29, 0.717) is 6.61 Å². The highest BCUT2D eigenvalue weighted by Gasteiger charge is 2.06. The minimum Gasteiger partial charge on any atom is -0.372 e. The molecule has 15 heavy (non-hydrogen) atoms. The van der Waals surface area contributed by atoms with Gasteiger partial charge in [-0.25, -0.2) is 5.06 Å². The normalized spacial score (nSPS) is 10.9. The maximum absolute atomic E-state index is 11.2. The van der Waals surface area contributed by atoms with Crippen LogP contribution in [0.1, 0.15) is 12.8 Å². The molecule has 0 heterocycles. The molecule has 0 atom stereocenters. The van der Waals surface area contributed by atoms with Gasteiger partial charge in [0, 0.05) is 19.0 Å². The molecule has 0 spiro atoms. The van der Waals surface area contributed by atoms with Crippen molar-refractivity contribution in [2.24, 2.45) is 0 Å². The van der Waals surface area contributed by atoms with Gasteiger partial charge in [-0.15, -0.1) is 0 Å². The topological polar surface area (TPSA) is 38.8 Å². The van der Waals surface area contributed by atoms with E-state index in [1.54, 1.807) is 7.05 Å². The lowest BCUT2D eigenvalue weighted by Gasteiger charge is -2.13. The maximum Gasteiger partial charge on any atom is 0.271 e. The molecule has 0 bridgehead atoms. The average molecular weight is 280 g/mol. The Bertz CT molecular complexity index is 197. The first-order chi connectivity index (χ1) is 7.22. The Hall–Kier alpha value is -0.390. The first-order valence-corrected chi connectivity index (χ1v) is 5.94. The highest BCUT2D eigenvalue weighted by molar-refractivity contribution is 9.09. The maximum atomic E-state index is 11.2. The predicted molar refractivity (Wildman–Crippen MR) is 62.8 cm³/mol. The highest BCUT2D eigenvalue weighted by Crippen LogP contribution is 1.94. The lowest BCUT2D eigenvalue weighted by atomic mass is 10.3. The number of amides is 1. The van der Waals surface area contributed by atoms with Crippen LogP contribution in [0.3, 0.4) is 0 Å². The molecular weight excluding hydrogens is 262 g/mol. The molecule has 1 amide bonds. The summed E-state index contributed by atoms with van der Waals surface area (Å²) in [5.41, 5.74) is 0. The van der Waals surface area contributed by atoms with E-state index >= 15 is 0 Å². The second kappa shape index (κ2) is 10.1. The monoisotopic (exact) mass is 279 g/mol. The van der Waals surface area contributed by atoms with E-state index in [0.717, 1.165) is 23.2 Å². The fraction of sp³-hybridized carbons (Fsp3) is 0.700. The van der Waals surface area contributed by atoms with Crippen LogP contribution >= 0.6 is 15.9 Å². The van der Waals surface area contributed by atoms with E-state index in [-0.39, 0.29) is 12.5 Å². The van der Waals surface area contributed by atoms with E-state index < -0.39 is 0 Å². The van der Waals surface area contributed by atoms with Crippen LogP contribution in [0.4, 0.5) is 0 Å². The fourth-order valence-corrected chi connectivity index (χ4v) is 1.10. The Morgan fingerprint density at radius 3 is 2.80 bits per heavy atom. The van der Waals surface area contributed by atoms with Gasteiger partial charge in [0.15, 0.2) is 0 Å². The summed E-state index contributed by atoms with van der Waals surface area (Å²) < 4.78 is 5.18. The molecule has 0 aromatic heterocycles. The standard InChI is InChI=1S/C10H18BrNO3/c1-12(14-2)10(13)9-15-8-6-4-3-5-7-11/h3,5H,4,6-9H2,1-2H3/b5-3+. The number of alkyl halides is 1. The number of carbonyl (C=O) groups is 1. The summed E-state index contributed by atoms with van der Waals surface area (Å²) in [6.45, 7) is 0.669. The number of unbranched alkanes of at least 4 members (excludes halogenated alkanes) is 1. The minimum atomic E-state index is -0.173. The van der Waals surface area contributed by atoms with Crippen LogP contribution in [0.2, 0.25) is 0 Å². The van der Waals surface area contributed by atoms with Crippen molar-refractivity contribution in [1.29, 1.82) is 0 Å². The Morgan fingerprint density at radius 1 is 1.47 bits per heavy atom. The molecule has 0 rings (SSSR count). The molecular formula is C10H18BrNO3. The van der Waals surface area contributed by atoms with Crippen LogP contribution in [0.15, 0.2) is 12.2 Å². The predicted octanol–water partition coefficient (Wildman–Crippen LogP) is 1.75. The smallest absolute Gasteiger partial charge is 0.271 e. The van der Waals surface area contributed by atoms with E-state index in [9.17, 15) is 4.79 Å². The lowest BCUT2D eigenvalue weighted by molar-refractivity contribution is -0.173. The molecule has 0 fully saturated rings. The van der Waals surface area contributed by atoms with Crippen molar-refractivity contribution in [3.63, 3.8) is 0 Å². The van der Waals surface area contributed by atoms with Crippen LogP contribution in [0.5, 0.6) is 0 Å². The first-order valence-electron chi connectivity index (χ1n) is 4.81. The summed E-state index contributed by atoms with van der Waals surface area (Å²) in [6, 6.07) is 0. The largest absolute Gasteiger partial charge is 0.372 e. The number of ether oxygens (including phenoxy) is 1. The summed E-state index contributed by atoms with van der Waals surface area (Å²) in [5.74, 6) is -0.173. The van der Waals surface area contributed by atoms with E-state index in [1.807, 2.05) is 6.08 Å². The van der Waals surface area contributed by atoms with Gasteiger partial charge >= 0.3 is 0 Å². The second-order valence-electron chi connectivity index (χ2n) is 2.89. The summed E-state index contributed by atoms with van der Waals surface area (Å²) in [4.78, 5) is 15.9. The molecule has 4 nitrogen and oxygen atoms in total. The molecule has 5 heteroatoms. The molecule has 0 aliphatic heterocycles. The number of carbonyl (C=O) groups excluding carboxylic acids is 1. The third-order valence-corrected chi connectivity index (χ3v) is 2.14. The Kier molecular flexibility index (Phi) is 9.88. The van der Waals surface area contributed by atoms with Crippen LogP contribution in [0, 0.1) is 0 Å². The number of halogens is 1. The van der Waals surface area contributed by atoms with E-state index in [1.165, 1.54) is 7.11 Å². The molecule has 88 valence electrons. The Labute approximate surface area is 99.3 Å². The van der Waals surface area contributed by atoms with Gasteiger partial charge in [-0.2, -0.15) is 0 Å². The summed E-state index contributed by atoms with van der Waals surface area (Å²) in [5, 5.41) is 2.04. The number of hydrogen-bond donors (Lipinski definition) is 0. The van der Waals surface area contributed by atoms with E-state index in [4.69, 9.17) is 9.57 Å². The third-order valence-electron chi connectivity index (χ3n) is 1.77. The van der Waals surface area contributed by atoms with Crippen LogP contribution in [-0.2, 0) is 14.4 Å². The van der Waals surface area contributed by atoms with Crippen LogP contribution in [0.25, 0.3) is 0 Å². The van der Waals surface area contributed by atoms with Crippen molar-refractivity contribution < 1.29 is 14.4 Å². The Balaban J connectivity index is 3.31. The number of likely N-dealkylation sites (N-methyl/N-ethyl adjacent to an activating group) is 1. The lowest BCUT2D eigenvalue weighted by Crippen LogP contribution is -2.29. The number of rotatable bonds is 8. The number of hydroxylamine groups is 2. The van der Waals surface area contributed by atoms with Crippen molar-refractivity contribution in [2.45, 2.75) is 12.8 Å².